The number of rotatable bonds is 8. The van der Waals surface area contributed by atoms with Crippen LogP contribution in [0.4, 0.5) is 17.3 Å². The van der Waals surface area contributed by atoms with Crippen LogP contribution in [0.5, 0.6) is 5.75 Å². The van der Waals surface area contributed by atoms with Crippen LogP contribution in [0.15, 0.2) is 53.5 Å². The van der Waals surface area contributed by atoms with Crippen molar-refractivity contribution < 1.29 is 4.74 Å². The number of ether oxygens (including phenoxy) is 1. The Bertz CT molecular complexity index is 1700. The summed E-state index contributed by atoms with van der Waals surface area (Å²) in [5.41, 5.74) is 4.67. The second-order valence-electron chi connectivity index (χ2n) is 12.0. The molecule has 0 aliphatic carbocycles. The molecule has 2 aliphatic heterocycles. The SMILES string of the molecule is CCCN1CCC[C@H](n2c(=O)c(-c3ccccc3Cl)c(C)c3cnc(Nc4ccc(N5CCN(C)CC5)c(OC)c4)nc32)C1. The van der Waals surface area contributed by atoms with Gasteiger partial charge in [-0.2, -0.15) is 4.98 Å². The number of piperidine rings is 1. The van der Waals surface area contributed by atoms with Crippen LogP contribution in [0.2, 0.25) is 5.02 Å². The largest absolute Gasteiger partial charge is 0.495 e. The van der Waals surface area contributed by atoms with E-state index >= 15 is 0 Å². The fourth-order valence-electron chi connectivity index (χ4n) is 6.67. The third kappa shape index (κ3) is 6.01. The van der Waals surface area contributed by atoms with Crippen LogP contribution in [0.1, 0.15) is 37.8 Å². The minimum absolute atomic E-state index is 0.00199. The van der Waals surface area contributed by atoms with E-state index in [0.29, 0.717) is 22.2 Å². The molecule has 0 radical (unpaired) electrons. The molecule has 2 fully saturated rings. The highest BCUT2D eigenvalue weighted by Gasteiger charge is 2.27. The number of aromatic nitrogens is 3. The smallest absolute Gasteiger partial charge is 0.260 e. The third-order valence-electron chi connectivity index (χ3n) is 9.02. The quantitative estimate of drug-likeness (QED) is 0.260. The number of fused-ring (bicyclic) bond motifs is 1. The summed E-state index contributed by atoms with van der Waals surface area (Å²) >= 11 is 6.65. The van der Waals surface area contributed by atoms with Crippen molar-refractivity contribution in [3.63, 3.8) is 0 Å². The molecule has 6 rings (SSSR count). The number of likely N-dealkylation sites (N-methyl/N-ethyl adjacent to an activating group) is 1. The van der Waals surface area contributed by atoms with Crippen molar-refractivity contribution >= 4 is 40.0 Å². The summed E-state index contributed by atoms with van der Waals surface area (Å²) in [6.45, 7) is 11.0. The van der Waals surface area contributed by atoms with Gasteiger partial charge in [0.15, 0.2) is 0 Å². The number of hydrogen-bond acceptors (Lipinski definition) is 8. The minimum atomic E-state index is -0.0608. The standard InChI is InChI=1S/C34H42ClN7O2/c1-5-14-40-15-8-9-25(22-40)42-32-27(23(2)31(33(42)43)26-10-6-7-11-28(26)35)21-36-34(38-32)37-24-12-13-29(30(20-24)44-4)41-18-16-39(3)17-19-41/h6-7,10-13,20-21,25H,5,8-9,14-19,22H2,1-4H3,(H,36,37,38)/t25-/m0/s1. The summed E-state index contributed by atoms with van der Waals surface area (Å²) in [5.74, 6) is 1.24. The van der Waals surface area contributed by atoms with Crippen molar-refractivity contribution in [3.8, 4) is 16.9 Å². The van der Waals surface area contributed by atoms with Gasteiger partial charge in [0.1, 0.15) is 11.4 Å². The summed E-state index contributed by atoms with van der Waals surface area (Å²) in [6, 6.07) is 13.7. The lowest BCUT2D eigenvalue weighted by Crippen LogP contribution is -2.44. The van der Waals surface area contributed by atoms with Crippen LogP contribution in [0.3, 0.4) is 0 Å². The summed E-state index contributed by atoms with van der Waals surface area (Å²) in [5, 5.41) is 4.79. The predicted octanol–water partition coefficient (Wildman–Crippen LogP) is 5.97. The Kier molecular flexibility index (Phi) is 9.07. The lowest BCUT2D eigenvalue weighted by atomic mass is 9.98. The zero-order valence-electron chi connectivity index (χ0n) is 26.1. The average molecular weight is 616 g/mol. The first-order valence-electron chi connectivity index (χ1n) is 15.7. The van der Waals surface area contributed by atoms with Gasteiger partial charge in [0, 0.05) is 66.6 Å². The van der Waals surface area contributed by atoms with E-state index in [9.17, 15) is 4.79 Å². The number of halogens is 1. The lowest BCUT2D eigenvalue weighted by molar-refractivity contribution is 0.178. The predicted molar refractivity (Wildman–Crippen MR) is 180 cm³/mol. The lowest BCUT2D eigenvalue weighted by Gasteiger charge is -2.34. The number of aryl methyl sites for hydroxylation is 1. The van der Waals surface area contributed by atoms with E-state index in [0.717, 1.165) is 98.7 Å². The van der Waals surface area contributed by atoms with Crippen molar-refractivity contribution in [1.29, 1.82) is 0 Å². The van der Waals surface area contributed by atoms with Crippen LogP contribution in [-0.2, 0) is 0 Å². The molecule has 1 atom stereocenters. The maximum absolute atomic E-state index is 14.5. The molecule has 4 heterocycles. The second kappa shape index (κ2) is 13.1. The molecule has 10 heteroatoms. The number of pyridine rings is 1. The van der Waals surface area contributed by atoms with Gasteiger partial charge < -0.3 is 24.8 Å². The molecule has 9 nitrogen and oxygen atoms in total. The maximum atomic E-state index is 14.5. The Labute approximate surface area is 264 Å². The number of piperazine rings is 1. The summed E-state index contributed by atoms with van der Waals surface area (Å²) in [4.78, 5) is 31.3. The van der Waals surface area contributed by atoms with Crippen molar-refractivity contribution in [2.45, 2.75) is 39.2 Å². The van der Waals surface area contributed by atoms with Crippen LogP contribution >= 0.6 is 11.6 Å². The first-order chi connectivity index (χ1) is 21.4. The maximum Gasteiger partial charge on any atom is 0.260 e. The van der Waals surface area contributed by atoms with E-state index in [4.69, 9.17) is 26.3 Å². The molecule has 2 aromatic heterocycles. The van der Waals surface area contributed by atoms with Gasteiger partial charge in [-0.3, -0.25) is 9.36 Å². The van der Waals surface area contributed by atoms with E-state index in [1.807, 2.05) is 54.1 Å². The van der Waals surface area contributed by atoms with Crippen molar-refractivity contribution in [3.05, 3.63) is 69.6 Å². The van der Waals surface area contributed by atoms with E-state index in [2.05, 4.69) is 40.1 Å². The van der Waals surface area contributed by atoms with Crippen LogP contribution in [0, 0.1) is 6.92 Å². The van der Waals surface area contributed by atoms with Gasteiger partial charge in [-0.15, -0.1) is 0 Å². The molecular weight excluding hydrogens is 574 g/mol. The van der Waals surface area contributed by atoms with Crippen LogP contribution < -0.4 is 20.5 Å². The van der Waals surface area contributed by atoms with Crippen molar-refractivity contribution in [2.75, 3.05) is 70.2 Å². The normalized spacial score (nSPS) is 18.1. The Morgan fingerprint density at radius 1 is 1.09 bits per heavy atom. The van der Waals surface area contributed by atoms with Crippen molar-refractivity contribution in [1.82, 2.24) is 24.3 Å². The number of nitrogens with one attached hydrogen (secondary N) is 1. The second-order valence-corrected chi connectivity index (χ2v) is 12.4. The van der Waals surface area contributed by atoms with E-state index in [1.165, 1.54) is 0 Å². The van der Waals surface area contributed by atoms with Crippen LogP contribution in [-0.4, -0.2) is 84.3 Å². The van der Waals surface area contributed by atoms with Crippen molar-refractivity contribution in [2.24, 2.45) is 0 Å². The van der Waals surface area contributed by atoms with E-state index in [-0.39, 0.29) is 11.6 Å². The molecule has 0 spiro atoms. The number of anilines is 3. The number of nitrogens with zero attached hydrogens (tertiary/aromatic N) is 6. The Morgan fingerprint density at radius 3 is 2.64 bits per heavy atom. The Morgan fingerprint density at radius 2 is 1.89 bits per heavy atom. The van der Waals surface area contributed by atoms with E-state index in [1.54, 1.807) is 7.11 Å². The molecule has 2 aliphatic rings. The van der Waals surface area contributed by atoms with Gasteiger partial charge >= 0.3 is 0 Å². The number of hydrogen-bond donors (Lipinski definition) is 1. The minimum Gasteiger partial charge on any atom is -0.495 e. The molecule has 4 aromatic rings. The molecule has 0 bridgehead atoms. The first-order valence-corrected chi connectivity index (χ1v) is 16.0. The summed E-state index contributed by atoms with van der Waals surface area (Å²) < 4.78 is 7.71. The third-order valence-corrected chi connectivity index (χ3v) is 9.35. The van der Waals surface area contributed by atoms with Gasteiger partial charge in [0.05, 0.1) is 24.4 Å². The molecule has 1 N–H and O–H groups in total. The van der Waals surface area contributed by atoms with Gasteiger partial charge in [-0.05, 0) is 70.1 Å². The highest BCUT2D eigenvalue weighted by molar-refractivity contribution is 6.33. The number of methoxy groups -OCH3 is 1. The molecule has 44 heavy (non-hydrogen) atoms. The molecule has 0 saturated carbocycles. The van der Waals surface area contributed by atoms with Gasteiger partial charge in [0.25, 0.3) is 5.56 Å². The summed E-state index contributed by atoms with van der Waals surface area (Å²) in [7, 11) is 3.86. The monoisotopic (exact) mass is 615 g/mol. The zero-order chi connectivity index (χ0) is 30.8. The highest BCUT2D eigenvalue weighted by Crippen LogP contribution is 2.35. The van der Waals surface area contributed by atoms with Gasteiger partial charge in [-0.1, -0.05) is 36.7 Å². The highest BCUT2D eigenvalue weighted by atomic mass is 35.5. The fourth-order valence-corrected chi connectivity index (χ4v) is 6.90. The molecule has 0 amide bonds. The molecule has 232 valence electrons. The average Bonchev–Trinajstić information content (AvgIpc) is 3.03. The molecule has 0 unspecified atom stereocenters. The van der Waals surface area contributed by atoms with Gasteiger partial charge in [0.2, 0.25) is 5.95 Å². The Balaban J connectivity index is 1.42. The number of benzene rings is 2. The Hall–Kier alpha value is -3.66. The molecular formula is C34H42ClN7O2. The molecule has 2 aromatic carbocycles. The zero-order valence-corrected chi connectivity index (χ0v) is 26.9. The van der Waals surface area contributed by atoms with E-state index < -0.39 is 0 Å². The topological polar surface area (TPSA) is 78.8 Å². The number of likely N-dealkylation sites (tertiary alicyclic amines) is 1. The first kappa shape index (κ1) is 30.4. The fraction of sp³-hybridized carbons (Fsp3) is 0.441. The van der Waals surface area contributed by atoms with Crippen LogP contribution in [0.25, 0.3) is 22.2 Å². The molecule has 2 saturated heterocycles. The summed E-state index contributed by atoms with van der Waals surface area (Å²) in [6.07, 6.45) is 4.86. The van der Waals surface area contributed by atoms with Gasteiger partial charge in [-0.25, -0.2) is 4.98 Å².